The largest absolute Gasteiger partial charge is 0.341 e. The molecule has 9 heteroatoms. The summed E-state index contributed by atoms with van der Waals surface area (Å²) >= 11 is 1.68. The highest BCUT2D eigenvalue weighted by Gasteiger charge is 2.27. The Kier molecular flexibility index (Phi) is 10.1. The molecule has 0 radical (unpaired) electrons. The average Bonchev–Trinajstić information content (AvgIpc) is 2.64. The van der Waals surface area contributed by atoms with Crippen molar-refractivity contribution < 1.29 is 13.2 Å². The number of sulfonamides is 1. The van der Waals surface area contributed by atoms with Crippen LogP contribution in [0.15, 0.2) is 29.2 Å². The third-order valence-corrected chi connectivity index (χ3v) is 6.76. The van der Waals surface area contributed by atoms with Gasteiger partial charge in [-0.2, -0.15) is 11.8 Å². The fourth-order valence-electron chi connectivity index (χ4n) is 3.06. The van der Waals surface area contributed by atoms with Gasteiger partial charge in [-0.1, -0.05) is 17.7 Å². The summed E-state index contributed by atoms with van der Waals surface area (Å²) in [5.41, 5.74) is 7.01. The molecule has 1 fully saturated rings. The van der Waals surface area contributed by atoms with Crippen molar-refractivity contribution in [2.45, 2.75) is 37.1 Å². The van der Waals surface area contributed by atoms with E-state index in [2.05, 4.69) is 4.72 Å². The molecule has 3 N–H and O–H groups in total. The molecule has 2 rings (SSSR count). The smallest absolute Gasteiger partial charge is 0.240 e. The molecular weight excluding hydrogens is 406 g/mol. The zero-order valence-electron chi connectivity index (χ0n) is 15.9. The summed E-state index contributed by atoms with van der Waals surface area (Å²) in [5.74, 6) is 0.950. The van der Waals surface area contributed by atoms with Crippen molar-refractivity contribution >= 4 is 40.1 Å². The summed E-state index contributed by atoms with van der Waals surface area (Å²) in [7, 11) is -3.52. The van der Waals surface area contributed by atoms with Crippen LogP contribution in [0.2, 0.25) is 0 Å². The number of halogens is 1. The van der Waals surface area contributed by atoms with Crippen LogP contribution in [0.4, 0.5) is 0 Å². The van der Waals surface area contributed by atoms with Gasteiger partial charge in [0.25, 0.3) is 0 Å². The molecule has 1 aromatic carbocycles. The maximum absolute atomic E-state index is 12.5. The lowest BCUT2D eigenvalue weighted by Crippen LogP contribution is -2.49. The van der Waals surface area contributed by atoms with Crippen LogP contribution >= 0.6 is 24.2 Å². The zero-order chi connectivity index (χ0) is 19.2. The fourth-order valence-corrected chi connectivity index (χ4v) is 4.67. The molecule has 1 aliphatic rings. The van der Waals surface area contributed by atoms with Crippen LogP contribution in [0.5, 0.6) is 0 Å². The van der Waals surface area contributed by atoms with Gasteiger partial charge in [0.1, 0.15) is 0 Å². The fraction of sp³-hybridized carbons (Fsp3) is 0.611. The second-order valence-electron chi connectivity index (χ2n) is 6.85. The van der Waals surface area contributed by atoms with Crippen molar-refractivity contribution in [1.82, 2.24) is 9.62 Å². The Hall–Kier alpha value is -0.800. The van der Waals surface area contributed by atoms with E-state index in [1.165, 1.54) is 0 Å². The lowest BCUT2D eigenvalue weighted by Gasteiger charge is -2.34. The predicted molar refractivity (Wildman–Crippen MR) is 114 cm³/mol. The van der Waals surface area contributed by atoms with Gasteiger partial charge >= 0.3 is 0 Å². The Morgan fingerprint density at radius 2 is 2.04 bits per heavy atom. The number of hydrogen-bond acceptors (Lipinski definition) is 5. The van der Waals surface area contributed by atoms with E-state index in [-0.39, 0.29) is 29.1 Å². The third kappa shape index (κ3) is 7.27. The number of nitrogens with zero attached hydrogens (tertiary/aromatic N) is 1. The molecule has 0 aliphatic carbocycles. The number of likely N-dealkylation sites (tertiary alicyclic amines) is 1. The van der Waals surface area contributed by atoms with Gasteiger partial charge in [-0.05, 0) is 56.2 Å². The number of amides is 1. The summed E-state index contributed by atoms with van der Waals surface area (Å²) in [5, 5.41) is 0. The number of aryl methyl sites for hydroxylation is 1. The first-order valence-corrected chi connectivity index (χ1v) is 11.8. The molecule has 0 spiro atoms. The number of rotatable bonds is 8. The summed E-state index contributed by atoms with van der Waals surface area (Å²) in [4.78, 5) is 14.5. The van der Waals surface area contributed by atoms with E-state index in [9.17, 15) is 13.2 Å². The van der Waals surface area contributed by atoms with E-state index < -0.39 is 16.1 Å². The highest BCUT2D eigenvalue weighted by Crippen LogP contribution is 2.18. The average molecular weight is 436 g/mol. The molecule has 1 aliphatic heterocycles. The van der Waals surface area contributed by atoms with Crippen LogP contribution in [-0.2, 0) is 14.8 Å². The van der Waals surface area contributed by atoms with Crippen molar-refractivity contribution in [3.8, 4) is 0 Å². The maximum Gasteiger partial charge on any atom is 0.240 e. The van der Waals surface area contributed by atoms with Crippen molar-refractivity contribution in [3.05, 3.63) is 29.8 Å². The maximum atomic E-state index is 12.5. The van der Waals surface area contributed by atoms with Gasteiger partial charge < -0.3 is 10.6 Å². The summed E-state index contributed by atoms with van der Waals surface area (Å²) in [6.45, 7) is 3.51. The van der Waals surface area contributed by atoms with E-state index in [0.29, 0.717) is 26.1 Å². The third-order valence-electron chi connectivity index (χ3n) is 4.67. The highest BCUT2D eigenvalue weighted by atomic mass is 35.5. The number of benzene rings is 1. The van der Waals surface area contributed by atoms with E-state index in [1.54, 1.807) is 40.9 Å². The molecule has 27 heavy (non-hydrogen) atoms. The highest BCUT2D eigenvalue weighted by molar-refractivity contribution is 7.98. The molecule has 0 bridgehead atoms. The van der Waals surface area contributed by atoms with Gasteiger partial charge in [-0.15, -0.1) is 12.4 Å². The number of piperidine rings is 1. The minimum Gasteiger partial charge on any atom is -0.341 e. The van der Waals surface area contributed by atoms with Crippen molar-refractivity contribution in [2.24, 2.45) is 11.7 Å². The first-order valence-electron chi connectivity index (χ1n) is 8.93. The quantitative estimate of drug-likeness (QED) is 0.651. The number of nitrogens with two attached hydrogens (primary N) is 1. The molecule has 1 amide bonds. The Labute approximate surface area is 173 Å². The van der Waals surface area contributed by atoms with Gasteiger partial charge in [-0.25, -0.2) is 13.1 Å². The van der Waals surface area contributed by atoms with Crippen molar-refractivity contribution in [2.75, 3.05) is 31.6 Å². The number of carbonyl (C=O) groups is 1. The number of carbonyl (C=O) groups excluding carboxylic acids is 1. The minimum absolute atomic E-state index is 0. The van der Waals surface area contributed by atoms with Crippen LogP contribution in [0, 0.1) is 12.8 Å². The Balaban J connectivity index is 0.00000364. The van der Waals surface area contributed by atoms with E-state index in [4.69, 9.17) is 5.73 Å². The van der Waals surface area contributed by atoms with E-state index in [0.717, 1.165) is 24.2 Å². The van der Waals surface area contributed by atoms with Crippen LogP contribution in [0.25, 0.3) is 0 Å². The number of thioether (sulfide) groups is 1. The van der Waals surface area contributed by atoms with Gasteiger partial charge in [-0.3, -0.25) is 4.79 Å². The van der Waals surface area contributed by atoms with Gasteiger partial charge in [0.15, 0.2) is 0 Å². The van der Waals surface area contributed by atoms with E-state index in [1.807, 2.05) is 13.2 Å². The van der Waals surface area contributed by atoms with Crippen LogP contribution in [0.1, 0.15) is 24.8 Å². The summed E-state index contributed by atoms with van der Waals surface area (Å²) in [6.07, 6.45) is 4.44. The molecule has 0 aromatic heterocycles. The van der Waals surface area contributed by atoms with Crippen molar-refractivity contribution in [1.29, 1.82) is 0 Å². The molecule has 154 valence electrons. The Morgan fingerprint density at radius 1 is 1.37 bits per heavy atom. The second kappa shape index (κ2) is 11.3. The monoisotopic (exact) mass is 435 g/mol. The Bertz CT molecular complexity index is 698. The first-order chi connectivity index (χ1) is 12.3. The summed E-state index contributed by atoms with van der Waals surface area (Å²) < 4.78 is 27.5. The second-order valence-corrected chi connectivity index (χ2v) is 9.60. The zero-order valence-corrected chi connectivity index (χ0v) is 18.3. The van der Waals surface area contributed by atoms with Gasteiger partial charge in [0.05, 0.1) is 10.9 Å². The van der Waals surface area contributed by atoms with Gasteiger partial charge in [0.2, 0.25) is 15.9 Å². The van der Waals surface area contributed by atoms with Crippen molar-refractivity contribution in [3.63, 3.8) is 0 Å². The molecule has 1 aromatic rings. The SMILES string of the molecule is CSCC[C@H](N)C(=O)N1CCCC(CNS(=O)(=O)c2ccc(C)cc2)C1.Cl. The molecule has 1 unspecified atom stereocenters. The van der Waals surface area contributed by atoms with Crippen LogP contribution < -0.4 is 10.5 Å². The number of hydrogen-bond donors (Lipinski definition) is 2. The Morgan fingerprint density at radius 3 is 2.67 bits per heavy atom. The molecular formula is C18H30ClN3O3S2. The molecule has 0 saturated carbocycles. The number of nitrogens with one attached hydrogen (secondary N) is 1. The van der Waals surface area contributed by atoms with Crippen LogP contribution in [-0.4, -0.2) is 56.9 Å². The summed E-state index contributed by atoms with van der Waals surface area (Å²) in [6, 6.07) is 6.32. The lowest BCUT2D eigenvalue weighted by molar-refractivity contribution is -0.134. The predicted octanol–water partition coefficient (Wildman–Crippen LogP) is 2.01. The molecule has 6 nitrogen and oxygen atoms in total. The van der Waals surface area contributed by atoms with Crippen LogP contribution in [0.3, 0.4) is 0 Å². The standard InChI is InChI=1S/C18H29N3O3S2.ClH/c1-14-5-7-16(8-6-14)26(23,24)20-12-15-4-3-10-21(13-15)18(22)17(19)9-11-25-2;/h5-8,15,17,20H,3-4,9-13,19H2,1-2H3;1H/t15?,17-;/m0./s1. The molecule has 1 heterocycles. The topological polar surface area (TPSA) is 92.5 Å². The molecule has 1 saturated heterocycles. The molecule has 2 atom stereocenters. The first kappa shape index (κ1) is 24.2. The lowest BCUT2D eigenvalue weighted by atomic mass is 9.97. The minimum atomic E-state index is -3.52. The van der Waals surface area contributed by atoms with E-state index >= 15 is 0 Å². The normalized spacial score (nSPS) is 18.6. The van der Waals surface area contributed by atoms with Gasteiger partial charge in [0, 0.05) is 19.6 Å².